The highest BCUT2D eigenvalue weighted by Crippen LogP contribution is 2.25. The Morgan fingerprint density at radius 1 is 1.18 bits per heavy atom. The number of carbonyl (C=O) groups is 1. The Labute approximate surface area is 175 Å². The van der Waals surface area contributed by atoms with Crippen molar-refractivity contribution in [2.75, 3.05) is 50.4 Å². The number of rotatable bonds is 4. The first-order valence-electron chi connectivity index (χ1n) is 9.99. The summed E-state index contributed by atoms with van der Waals surface area (Å²) in [5, 5.41) is 1.90. The number of aryl methyl sites for hydroxylation is 1. The van der Waals surface area contributed by atoms with E-state index in [-0.39, 0.29) is 5.91 Å². The van der Waals surface area contributed by atoms with Crippen LogP contribution in [-0.4, -0.2) is 72.3 Å². The maximum Gasteiger partial charge on any atom is 0.273 e. The van der Waals surface area contributed by atoms with E-state index in [1.54, 1.807) is 23.1 Å². The van der Waals surface area contributed by atoms with Crippen LogP contribution in [0.2, 0.25) is 0 Å². The van der Waals surface area contributed by atoms with Crippen LogP contribution in [-0.2, 0) is 0 Å². The Hall–Kier alpha value is -1.57. The van der Waals surface area contributed by atoms with Gasteiger partial charge in [-0.1, -0.05) is 30.0 Å². The maximum atomic E-state index is 12.9. The number of hydrogen-bond acceptors (Lipinski definition) is 6. The van der Waals surface area contributed by atoms with E-state index in [9.17, 15) is 4.79 Å². The summed E-state index contributed by atoms with van der Waals surface area (Å²) >= 11 is 3.16. The number of para-hydroxylation sites is 1. The van der Waals surface area contributed by atoms with Gasteiger partial charge in [-0.05, 0) is 37.7 Å². The Morgan fingerprint density at radius 3 is 2.68 bits per heavy atom. The first-order chi connectivity index (χ1) is 13.7. The van der Waals surface area contributed by atoms with Gasteiger partial charge in [0.25, 0.3) is 5.91 Å². The molecule has 1 aromatic heterocycles. The van der Waals surface area contributed by atoms with E-state index in [1.165, 1.54) is 17.7 Å². The number of aromatic nitrogens is 1. The highest BCUT2D eigenvalue weighted by atomic mass is 32.2. The Kier molecular flexibility index (Phi) is 6.23. The van der Waals surface area contributed by atoms with Crippen molar-refractivity contribution in [2.24, 2.45) is 0 Å². The minimum atomic E-state index is 0.0970. The normalized spacial score (nSPS) is 21.1. The number of piperidine rings is 1. The summed E-state index contributed by atoms with van der Waals surface area (Å²) in [5.41, 5.74) is 3.31. The first kappa shape index (κ1) is 19.7. The second-order valence-electron chi connectivity index (χ2n) is 7.56. The molecule has 1 aromatic carbocycles. The molecule has 7 heteroatoms. The molecule has 150 valence electrons. The fraction of sp³-hybridized carbons (Fsp3) is 0.524. The summed E-state index contributed by atoms with van der Waals surface area (Å²) in [4.78, 5) is 24.4. The van der Waals surface area contributed by atoms with Gasteiger partial charge < -0.3 is 9.80 Å². The van der Waals surface area contributed by atoms with Crippen molar-refractivity contribution in [3.8, 4) is 0 Å². The van der Waals surface area contributed by atoms with Crippen molar-refractivity contribution < 1.29 is 4.79 Å². The first-order valence-corrected chi connectivity index (χ1v) is 12.1. The lowest BCUT2D eigenvalue weighted by atomic mass is 10.0. The van der Waals surface area contributed by atoms with Crippen molar-refractivity contribution in [3.05, 3.63) is 40.9 Å². The van der Waals surface area contributed by atoms with E-state index in [0.717, 1.165) is 50.0 Å². The fourth-order valence-corrected chi connectivity index (χ4v) is 5.53. The van der Waals surface area contributed by atoms with Crippen molar-refractivity contribution in [1.29, 1.82) is 0 Å². The van der Waals surface area contributed by atoms with Gasteiger partial charge in [0.15, 0.2) is 0 Å². The molecule has 4 rings (SSSR count). The van der Waals surface area contributed by atoms with Gasteiger partial charge in [0.1, 0.15) is 10.0 Å². The third-order valence-electron chi connectivity index (χ3n) is 5.85. The number of piperazine rings is 1. The maximum absolute atomic E-state index is 12.9. The van der Waals surface area contributed by atoms with Gasteiger partial charge in [-0.2, -0.15) is 0 Å². The zero-order valence-electron chi connectivity index (χ0n) is 16.6. The Bertz CT molecular complexity index is 816. The molecule has 0 aliphatic carbocycles. The number of likely N-dealkylation sites (tertiary alicyclic amines) is 1. The average Bonchev–Trinajstić information content (AvgIpc) is 3.23. The summed E-state index contributed by atoms with van der Waals surface area (Å²) < 4.78 is 0.962. The van der Waals surface area contributed by atoms with Crippen molar-refractivity contribution in [1.82, 2.24) is 14.8 Å². The molecule has 0 spiro atoms. The van der Waals surface area contributed by atoms with E-state index in [2.05, 4.69) is 46.0 Å². The number of carbonyl (C=O) groups excluding carboxylic acids is 1. The predicted molar refractivity (Wildman–Crippen MR) is 118 cm³/mol. The monoisotopic (exact) mass is 416 g/mol. The molecular formula is C21H28N4OS2. The lowest BCUT2D eigenvalue weighted by molar-refractivity contribution is 0.0558. The highest BCUT2D eigenvalue weighted by Gasteiger charge is 2.31. The molecule has 28 heavy (non-hydrogen) atoms. The molecular weight excluding hydrogens is 388 g/mol. The topological polar surface area (TPSA) is 39.7 Å². The Morgan fingerprint density at radius 2 is 1.96 bits per heavy atom. The SMILES string of the molecule is CSc1nc(C(=O)N2CCC[C@H](N3CCN(c4ccccc4C)CC3)C2)cs1. The Balaban J connectivity index is 1.35. The number of benzene rings is 1. The van der Waals surface area contributed by atoms with Gasteiger partial charge in [-0.15, -0.1) is 11.3 Å². The third-order valence-corrected chi connectivity index (χ3v) is 7.71. The van der Waals surface area contributed by atoms with Gasteiger partial charge in [0.2, 0.25) is 0 Å². The highest BCUT2D eigenvalue weighted by molar-refractivity contribution is 8.00. The van der Waals surface area contributed by atoms with Crippen LogP contribution in [0.3, 0.4) is 0 Å². The number of nitrogens with zero attached hydrogens (tertiary/aromatic N) is 4. The molecule has 0 saturated carbocycles. The van der Waals surface area contributed by atoms with E-state index in [4.69, 9.17) is 0 Å². The molecule has 2 aliphatic heterocycles. The molecule has 2 aromatic rings. The molecule has 1 atom stereocenters. The second-order valence-corrected chi connectivity index (χ2v) is 9.47. The molecule has 2 saturated heterocycles. The summed E-state index contributed by atoms with van der Waals surface area (Å²) in [5.74, 6) is 0.0970. The fourth-order valence-electron chi connectivity index (χ4n) is 4.29. The number of hydrogen-bond donors (Lipinski definition) is 0. The van der Waals surface area contributed by atoms with Crippen LogP contribution >= 0.6 is 23.1 Å². The third kappa shape index (κ3) is 4.21. The summed E-state index contributed by atoms with van der Waals surface area (Å²) in [6.45, 7) is 8.10. The molecule has 0 radical (unpaired) electrons. The zero-order chi connectivity index (χ0) is 19.5. The van der Waals surface area contributed by atoms with Crippen LogP contribution in [0.5, 0.6) is 0 Å². The number of amides is 1. The minimum Gasteiger partial charge on any atom is -0.369 e. The minimum absolute atomic E-state index is 0.0970. The van der Waals surface area contributed by atoms with Gasteiger partial charge in [-0.25, -0.2) is 4.98 Å². The molecule has 1 amide bonds. The zero-order valence-corrected chi connectivity index (χ0v) is 18.3. The predicted octanol–water partition coefficient (Wildman–Crippen LogP) is 3.60. The largest absolute Gasteiger partial charge is 0.369 e. The molecule has 0 unspecified atom stereocenters. The number of thioether (sulfide) groups is 1. The van der Waals surface area contributed by atoms with Crippen LogP contribution < -0.4 is 4.90 Å². The smallest absolute Gasteiger partial charge is 0.273 e. The summed E-state index contributed by atoms with van der Waals surface area (Å²) in [7, 11) is 0. The molecule has 3 heterocycles. The summed E-state index contributed by atoms with van der Waals surface area (Å²) in [6, 6.07) is 9.11. The molecule has 2 aliphatic rings. The van der Waals surface area contributed by atoms with Gasteiger partial charge in [-0.3, -0.25) is 9.69 Å². The van der Waals surface area contributed by atoms with Crippen LogP contribution in [0.4, 0.5) is 5.69 Å². The number of anilines is 1. The van der Waals surface area contributed by atoms with Crippen molar-refractivity contribution >= 4 is 34.7 Å². The van der Waals surface area contributed by atoms with Gasteiger partial charge >= 0.3 is 0 Å². The molecule has 0 N–H and O–H groups in total. The lowest BCUT2D eigenvalue weighted by Crippen LogP contribution is -2.56. The standard InChI is InChI=1S/C21H28N4OS2/c1-16-6-3-4-8-19(16)24-12-10-23(11-13-24)17-7-5-9-25(14-17)20(26)18-15-28-21(22-18)27-2/h3-4,6,8,15,17H,5,7,9-14H2,1-2H3/t17-/m0/s1. The summed E-state index contributed by atoms with van der Waals surface area (Å²) in [6.07, 6.45) is 4.26. The molecule has 2 fully saturated rings. The van der Waals surface area contributed by atoms with E-state index in [1.807, 2.05) is 16.5 Å². The molecule has 5 nitrogen and oxygen atoms in total. The average molecular weight is 417 g/mol. The van der Waals surface area contributed by atoms with E-state index >= 15 is 0 Å². The van der Waals surface area contributed by atoms with Crippen LogP contribution in [0.25, 0.3) is 0 Å². The van der Waals surface area contributed by atoms with Crippen LogP contribution in [0.15, 0.2) is 34.0 Å². The van der Waals surface area contributed by atoms with Crippen LogP contribution in [0.1, 0.15) is 28.9 Å². The second kappa shape index (κ2) is 8.84. The van der Waals surface area contributed by atoms with Crippen LogP contribution in [0, 0.1) is 6.92 Å². The molecule has 0 bridgehead atoms. The number of thiazole rings is 1. The van der Waals surface area contributed by atoms with E-state index in [0.29, 0.717) is 11.7 Å². The quantitative estimate of drug-likeness (QED) is 0.712. The van der Waals surface area contributed by atoms with Gasteiger partial charge in [0, 0.05) is 56.4 Å². The van der Waals surface area contributed by atoms with Crippen molar-refractivity contribution in [2.45, 2.75) is 30.1 Å². The van der Waals surface area contributed by atoms with E-state index < -0.39 is 0 Å². The van der Waals surface area contributed by atoms with Crippen molar-refractivity contribution in [3.63, 3.8) is 0 Å². The lowest BCUT2D eigenvalue weighted by Gasteiger charge is -2.44. The van der Waals surface area contributed by atoms with Gasteiger partial charge in [0.05, 0.1) is 0 Å².